The number of aromatic nitrogens is 5. The summed E-state index contributed by atoms with van der Waals surface area (Å²) >= 11 is 0. The first kappa shape index (κ1) is 110. The number of carbonyl (C=O) groups excluding carboxylic acids is 4. The summed E-state index contributed by atoms with van der Waals surface area (Å²) in [7, 11) is -3.86. The Morgan fingerprint density at radius 1 is 0.376 bits per heavy atom. The molecule has 8 aromatic rings. The van der Waals surface area contributed by atoms with Gasteiger partial charge in [0, 0.05) is 113 Å². The smallest absolute Gasteiger partial charge is 0.308 e. The van der Waals surface area contributed by atoms with Crippen LogP contribution in [0.5, 0.6) is 0 Å². The van der Waals surface area contributed by atoms with E-state index >= 15 is 0 Å². The second kappa shape index (κ2) is 45.6. The molecule has 16 rings (SSSR count). The number of benzene rings is 3. The van der Waals surface area contributed by atoms with Crippen LogP contribution in [0.1, 0.15) is 383 Å². The van der Waals surface area contributed by atoms with Crippen LogP contribution in [0.2, 0.25) is 0 Å². The van der Waals surface area contributed by atoms with Crippen LogP contribution >= 0.6 is 0 Å². The molecular weight excluding hydrogens is 1780 g/mol. The van der Waals surface area contributed by atoms with E-state index in [0.29, 0.717) is 106 Å². The van der Waals surface area contributed by atoms with Crippen LogP contribution in [0.4, 0.5) is 4.39 Å². The molecule has 4 N–H and O–H groups in total. The van der Waals surface area contributed by atoms with Gasteiger partial charge in [0.2, 0.25) is 0 Å². The molecule has 3 aliphatic carbocycles. The predicted octanol–water partition coefficient (Wildman–Crippen LogP) is 25.0. The van der Waals surface area contributed by atoms with Gasteiger partial charge < -0.3 is 53.9 Å². The second-order valence-corrected chi connectivity index (χ2v) is 51.8. The minimum absolute atomic E-state index is 0.0181. The maximum Gasteiger partial charge on any atom is 0.308 e. The van der Waals surface area contributed by atoms with Crippen LogP contribution in [0, 0.1) is 57.3 Å². The SMILES string of the molecule is Cc1c(C(=O)NC2COC2)cc(-c2cc(C(C)(C)C)cc(C(C)(C)C)c2)n1S(=O)(=O)N1CCCCC1.Cc1c(C(=O)NC2COC2)cc(-c2cc(C(C)(C)C)cc(C(C)(C)CF)c2)n1CC1CCCCC1.Cc1c(C(=O)NC2COC2)cc(-c2cc(CCC(C)C)nc(C(C)(C)C)c2)n1CC1CCCCC1.Cc1c(C(=O)NCC2COC2)cc(-c2cc(C(C)(C)C)cc(C(C)(C)C)c2)n1CC1CCCCC1. The molecule has 8 aliphatic rings. The van der Waals surface area contributed by atoms with Crippen LogP contribution < -0.4 is 21.3 Å². The molecule has 3 saturated carbocycles. The first-order valence-corrected chi connectivity index (χ1v) is 55.1. The summed E-state index contributed by atoms with van der Waals surface area (Å²) in [5.41, 5.74) is 23.1. The van der Waals surface area contributed by atoms with Crippen molar-refractivity contribution < 1.29 is 50.9 Å². The van der Waals surface area contributed by atoms with Crippen LogP contribution in [-0.4, -0.2) is 156 Å². The van der Waals surface area contributed by atoms with Gasteiger partial charge in [-0.2, -0.15) is 12.7 Å². The molecular formula is C119H175FN10O10S. The maximum atomic E-state index is 14.1. The van der Waals surface area contributed by atoms with E-state index in [-0.39, 0.29) is 74.2 Å². The number of halogens is 1. The molecule has 0 radical (unpaired) electrons. The van der Waals surface area contributed by atoms with Gasteiger partial charge in [-0.25, -0.2) is 3.97 Å². The summed E-state index contributed by atoms with van der Waals surface area (Å²) in [6, 6.07) is 32.8. The monoisotopic (exact) mass is 1960 g/mol. The van der Waals surface area contributed by atoms with Gasteiger partial charge in [-0.1, -0.05) is 235 Å². The highest BCUT2D eigenvalue weighted by molar-refractivity contribution is 7.87. The Balaban J connectivity index is 0.000000158. The number of amides is 4. The van der Waals surface area contributed by atoms with E-state index in [1.54, 1.807) is 17.3 Å². The summed E-state index contributed by atoms with van der Waals surface area (Å²) in [5, 5.41) is 12.4. The van der Waals surface area contributed by atoms with E-state index in [1.807, 2.05) is 13.8 Å². The van der Waals surface area contributed by atoms with E-state index in [2.05, 4.69) is 279 Å². The third-order valence-electron chi connectivity index (χ3n) is 30.9. The lowest BCUT2D eigenvalue weighted by Gasteiger charge is -2.29. The van der Waals surface area contributed by atoms with Gasteiger partial charge in [0.1, 0.15) is 0 Å². The van der Waals surface area contributed by atoms with Crippen molar-refractivity contribution in [3.8, 4) is 45.0 Å². The Morgan fingerprint density at radius 2 is 0.688 bits per heavy atom. The molecule has 10 heterocycles. The number of hydrogen-bond acceptors (Lipinski definition) is 11. The molecule has 774 valence electrons. The third kappa shape index (κ3) is 27.6. The second-order valence-electron chi connectivity index (χ2n) is 50.0. The molecule has 5 saturated heterocycles. The zero-order valence-electron chi connectivity index (χ0n) is 91.1. The standard InChI is InChI=1S/C31H46N2O2.C30H43FN2O2.C30H45N3O2.C28H41N3O4S/c1-21-27(29(34)32-17-23-19-35-20-23)16-28(33(21)18-22-11-9-8-10-12-22)24-13-25(30(2,3)4)15-26(14-24)31(5,6)7;1-20-26(28(34)32-25-17-35-18-25)15-27(33(20)16-21-10-8-7-9-11-21)22-12-23(29(2,3)4)14-24(13-22)30(5,6)19-31;1-20(2)12-13-24-14-23(15-28(31-24)30(4,5)6)27-16-26(29(34)32-25-18-35-19-25)21(3)33(27)17-22-10-8-7-9-11-22;1-19-24(26(32)29-23-17-35-18-23)16-25(31(19)36(33,34)30-11-9-8-10-12-30)20-13-21(27(2,3)4)15-22(14-20)28(5,6)7/h13-16,22-23H,8-12,17-20H2,1-7H3,(H,32,34);12-15,21,25H,7-11,16-19H2,1-6H3,(H,32,34);14-16,20,22,25H,7-13,17-19H2,1-6H3,(H,32,34);13-16,23H,8-12,17-18H2,1-7H3,(H,29,32). The lowest BCUT2D eigenvalue weighted by atomic mass is 9.79. The zero-order valence-corrected chi connectivity index (χ0v) is 91.9. The van der Waals surface area contributed by atoms with E-state index in [9.17, 15) is 32.0 Å². The Bertz CT molecular complexity index is 5690. The number of ether oxygens (including phenoxy) is 4. The number of aryl methyl sites for hydroxylation is 1. The summed E-state index contributed by atoms with van der Waals surface area (Å²) < 4.78 is 73.3. The average Bonchev–Trinajstić information content (AvgIpc) is 1.59. The molecule has 5 aliphatic heterocycles. The zero-order chi connectivity index (χ0) is 102. The molecule has 20 nitrogen and oxygen atoms in total. The van der Waals surface area contributed by atoms with Crippen LogP contribution in [0.15, 0.2) is 91.0 Å². The number of nitrogens with zero attached hydrogens (tertiary/aromatic N) is 6. The van der Waals surface area contributed by atoms with E-state index in [0.717, 1.165) is 149 Å². The molecule has 0 atom stereocenters. The number of nitrogens with one attached hydrogen (secondary N) is 4. The molecule has 8 fully saturated rings. The normalized spacial score (nSPS) is 17.9. The number of rotatable bonds is 26. The van der Waals surface area contributed by atoms with E-state index in [1.165, 1.54) is 134 Å². The molecule has 3 aromatic carbocycles. The summed E-state index contributed by atoms with van der Waals surface area (Å²) in [4.78, 5) is 58.0. The quantitative estimate of drug-likeness (QED) is 0.0399. The molecule has 141 heavy (non-hydrogen) atoms. The van der Waals surface area contributed by atoms with Gasteiger partial charge in [0.25, 0.3) is 23.6 Å². The molecule has 0 spiro atoms. The molecule has 22 heteroatoms. The van der Waals surface area contributed by atoms with Gasteiger partial charge in [-0.3, -0.25) is 28.6 Å². The van der Waals surface area contributed by atoms with Gasteiger partial charge in [-0.05, 0) is 266 Å². The molecule has 5 aromatic heterocycles. The van der Waals surface area contributed by atoms with Crippen LogP contribution in [-0.2, 0) is 93.1 Å². The van der Waals surface area contributed by atoms with Crippen molar-refractivity contribution in [2.45, 2.75) is 384 Å². The van der Waals surface area contributed by atoms with Gasteiger partial charge in [0.05, 0.1) is 106 Å². The fourth-order valence-corrected chi connectivity index (χ4v) is 22.4. The number of hydrogen-bond donors (Lipinski definition) is 4. The lowest BCUT2D eigenvalue weighted by Crippen LogP contribution is -2.48. The molecule has 0 bridgehead atoms. The van der Waals surface area contributed by atoms with Crippen molar-refractivity contribution >= 4 is 33.8 Å². The topological polar surface area (TPSA) is 223 Å². The van der Waals surface area contributed by atoms with E-state index < -0.39 is 22.3 Å². The molecule has 4 amide bonds. The number of carbonyl (C=O) groups is 4. The van der Waals surface area contributed by atoms with Crippen LogP contribution in [0.25, 0.3) is 45.0 Å². The number of pyridine rings is 1. The van der Waals surface area contributed by atoms with Crippen molar-refractivity contribution in [2.75, 3.05) is 79.2 Å². The fourth-order valence-electron chi connectivity index (χ4n) is 20.6. The lowest BCUT2D eigenvalue weighted by molar-refractivity contribution is -0.0298. The van der Waals surface area contributed by atoms with E-state index in [4.69, 9.17) is 23.9 Å². The van der Waals surface area contributed by atoms with Crippen LogP contribution in [0.3, 0.4) is 0 Å². The minimum atomic E-state index is -3.86. The number of alkyl halides is 1. The Labute approximate surface area is 846 Å². The highest BCUT2D eigenvalue weighted by atomic mass is 32.2. The summed E-state index contributed by atoms with van der Waals surface area (Å²) in [6.07, 6.45) is 24.3. The van der Waals surface area contributed by atoms with Crippen molar-refractivity contribution in [3.63, 3.8) is 0 Å². The highest BCUT2D eigenvalue weighted by Crippen LogP contribution is 2.44. The largest absolute Gasteiger partial charge is 0.381 e. The Morgan fingerprint density at radius 3 is 1.01 bits per heavy atom. The average molecular weight is 1960 g/mol. The fraction of sp³-hybridized carbons (Fsp3) is 0.639. The molecule has 0 unspecified atom stereocenters. The minimum Gasteiger partial charge on any atom is -0.381 e. The van der Waals surface area contributed by atoms with Crippen molar-refractivity contribution in [3.05, 3.63) is 181 Å². The van der Waals surface area contributed by atoms with Crippen molar-refractivity contribution in [1.82, 2.24) is 48.2 Å². The predicted molar refractivity (Wildman–Crippen MR) is 573 cm³/mol. The maximum absolute atomic E-state index is 14.1. The Kier molecular flexibility index (Phi) is 35.5. The highest BCUT2D eigenvalue weighted by Gasteiger charge is 2.38. The third-order valence-corrected chi connectivity index (χ3v) is 32.8. The van der Waals surface area contributed by atoms with Crippen molar-refractivity contribution in [2.24, 2.45) is 29.6 Å². The van der Waals surface area contributed by atoms with Gasteiger partial charge in [0.15, 0.2) is 0 Å². The summed E-state index contributed by atoms with van der Waals surface area (Å²) in [6.45, 7) is 65.5. The first-order chi connectivity index (χ1) is 66.2. The Hall–Kier alpha value is -8.51. The van der Waals surface area contributed by atoms with Gasteiger partial charge in [-0.15, -0.1) is 0 Å². The number of piperidine rings is 1. The first-order valence-electron chi connectivity index (χ1n) is 53.7. The summed E-state index contributed by atoms with van der Waals surface area (Å²) in [5.74, 6) is 2.83. The van der Waals surface area contributed by atoms with Crippen molar-refractivity contribution in [1.29, 1.82) is 0 Å². The van der Waals surface area contributed by atoms with Gasteiger partial charge >= 0.3 is 10.2 Å².